The van der Waals surface area contributed by atoms with Crippen LogP contribution in [-0.2, 0) is 4.79 Å². The number of carbonyl (C=O) groups is 1. The maximum atomic E-state index is 12.3. The molecule has 2 aliphatic rings. The fourth-order valence-electron chi connectivity index (χ4n) is 3.44. The average molecular weight is 323 g/mol. The molecule has 3 atom stereocenters. The molecule has 2 fully saturated rings. The number of rotatable bonds is 4. The molecule has 0 spiro atoms. The molecule has 2 saturated heterocycles. The summed E-state index contributed by atoms with van der Waals surface area (Å²) in [6, 6.07) is 6.85. The molecule has 4 nitrogen and oxygen atoms in total. The molecule has 0 saturated carbocycles. The summed E-state index contributed by atoms with van der Waals surface area (Å²) in [6.45, 7) is 3.71. The second-order valence-corrected chi connectivity index (χ2v) is 6.89. The van der Waals surface area contributed by atoms with Crippen LogP contribution in [0.15, 0.2) is 18.2 Å². The molecule has 2 aliphatic heterocycles. The largest absolute Gasteiger partial charge is 0.481 e. The summed E-state index contributed by atoms with van der Waals surface area (Å²) in [6.07, 6.45) is 4.00. The molecule has 2 bridgehead atoms. The zero-order valence-electron chi connectivity index (χ0n) is 13.1. The smallest absolute Gasteiger partial charge is 0.260 e. The Hall–Kier alpha value is -1.26. The van der Waals surface area contributed by atoms with Gasteiger partial charge in [0.05, 0.1) is 0 Å². The van der Waals surface area contributed by atoms with Crippen LogP contribution >= 0.6 is 11.6 Å². The Bertz CT molecular complexity index is 552. The van der Waals surface area contributed by atoms with Gasteiger partial charge in [-0.2, -0.15) is 0 Å². The van der Waals surface area contributed by atoms with Crippen molar-refractivity contribution in [3.8, 4) is 5.75 Å². The molecule has 1 aromatic carbocycles. The van der Waals surface area contributed by atoms with E-state index in [1.54, 1.807) is 19.1 Å². The summed E-state index contributed by atoms with van der Waals surface area (Å²) in [5.74, 6) is 0.633. The number of piperidine rings is 1. The van der Waals surface area contributed by atoms with E-state index in [-0.39, 0.29) is 11.9 Å². The van der Waals surface area contributed by atoms with Gasteiger partial charge < -0.3 is 15.4 Å². The average Bonchev–Trinajstić information content (AvgIpc) is 2.82. The van der Waals surface area contributed by atoms with Crippen molar-refractivity contribution in [3.63, 3.8) is 0 Å². The number of nitrogens with one attached hydrogen (secondary N) is 2. The summed E-state index contributed by atoms with van der Waals surface area (Å²) >= 11 is 6.00. The molecule has 2 N–H and O–H groups in total. The van der Waals surface area contributed by atoms with Crippen molar-refractivity contribution in [2.75, 3.05) is 0 Å². The predicted octanol–water partition coefficient (Wildman–Crippen LogP) is 2.81. The Morgan fingerprint density at radius 3 is 2.68 bits per heavy atom. The number of ether oxygens (including phenoxy) is 1. The number of amides is 1. The van der Waals surface area contributed by atoms with Gasteiger partial charge in [0.2, 0.25) is 0 Å². The van der Waals surface area contributed by atoms with Gasteiger partial charge in [-0.15, -0.1) is 0 Å². The summed E-state index contributed by atoms with van der Waals surface area (Å²) < 4.78 is 5.74. The number of hydrogen-bond acceptors (Lipinski definition) is 3. The van der Waals surface area contributed by atoms with Crippen molar-refractivity contribution in [1.29, 1.82) is 0 Å². The quantitative estimate of drug-likeness (QED) is 0.896. The lowest BCUT2D eigenvalue weighted by Crippen LogP contribution is -2.50. The maximum Gasteiger partial charge on any atom is 0.260 e. The van der Waals surface area contributed by atoms with Gasteiger partial charge in [0.25, 0.3) is 5.91 Å². The molecule has 2 heterocycles. The van der Waals surface area contributed by atoms with E-state index in [0.717, 1.165) is 18.4 Å². The highest BCUT2D eigenvalue weighted by atomic mass is 35.5. The van der Waals surface area contributed by atoms with Gasteiger partial charge >= 0.3 is 0 Å². The molecule has 3 rings (SSSR count). The lowest BCUT2D eigenvalue weighted by Gasteiger charge is -2.30. The Kier molecular flexibility index (Phi) is 4.59. The van der Waals surface area contributed by atoms with Crippen LogP contribution in [-0.4, -0.2) is 30.1 Å². The minimum Gasteiger partial charge on any atom is -0.481 e. The number of aryl methyl sites for hydroxylation is 1. The third-order valence-electron chi connectivity index (χ3n) is 4.63. The molecular formula is C17H23ClN2O2. The first-order chi connectivity index (χ1) is 10.5. The van der Waals surface area contributed by atoms with Gasteiger partial charge in [-0.3, -0.25) is 4.79 Å². The first-order valence-corrected chi connectivity index (χ1v) is 8.38. The molecule has 5 heteroatoms. The zero-order chi connectivity index (χ0) is 15.7. The van der Waals surface area contributed by atoms with Crippen LogP contribution in [0.1, 0.15) is 38.2 Å². The monoisotopic (exact) mass is 322 g/mol. The molecule has 22 heavy (non-hydrogen) atoms. The fraction of sp³-hybridized carbons (Fsp3) is 0.588. The molecule has 0 aliphatic carbocycles. The summed E-state index contributed by atoms with van der Waals surface area (Å²) in [5.41, 5.74) is 0.946. The first kappa shape index (κ1) is 15.6. The summed E-state index contributed by atoms with van der Waals surface area (Å²) in [7, 11) is 0. The van der Waals surface area contributed by atoms with E-state index in [1.165, 1.54) is 12.8 Å². The topological polar surface area (TPSA) is 50.4 Å². The predicted molar refractivity (Wildman–Crippen MR) is 87.4 cm³/mol. The van der Waals surface area contributed by atoms with Gasteiger partial charge in [-0.1, -0.05) is 11.6 Å². The van der Waals surface area contributed by atoms with E-state index in [0.29, 0.717) is 22.9 Å². The highest BCUT2D eigenvalue weighted by Crippen LogP contribution is 2.27. The van der Waals surface area contributed by atoms with Gasteiger partial charge in [0.1, 0.15) is 5.75 Å². The second-order valence-electron chi connectivity index (χ2n) is 6.49. The number of halogens is 1. The van der Waals surface area contributed by atoms with Crippen LogP contribution in [0.25, 0.3) is 0 Å². The van der Waals surface area contributed by atoms with Gasteiger partial charge in [0, 0.05) is 23.1 Å². The van der Waals surface area contributed by atoms with Crippen molar-refractivity contribution in [2.24, 2.45) is 0 Å². The van der Waals surface area contributed by atoms with Crippen molar-refractivity contribution < 1.29 is 9.53 Å². The Labute approximate surface area is 136 Å². The Morgan fingerprint density at radius 1 is 1.36 bits per heavy atom. The van der Waals surface area contributed by atoms with Gasteiger partial charge in [-0.25, -0.2) is 0 Å². The fourth-order valence-corrected chi connectivity index (χ4v) is 3.56. The maximum absolute atomic E-state index is 12.3. The van der Waals surface area contributed by atoms with Gasteiger partial charge in [0.15, 0.2) is 6.10 Å². The van der Waals surface area contributed by atoms with Crippen LogP contribution in [0.3, 0.4) is 0 Å². The summed E-state index contributed by atoms with van der Waals surface area (Å²) in [5, 5.41) is 7.42. The first-order valence-electron chi connectivity index (χ1n) is 8.00. The second kappa shape index (κ2) is 6.47. The van der Waals surface area contributed by atoms with Crippen LogP contribution in [0, 0.1) is 6.92 Å². The molecule has 0 aromatic heterocycles. The van der Waals surface area contributed by atoms with Crippen LogP contribution < -0.4 is 15.4 Å². The summed E-state index contributed by atoms with van der Waals surface area (Å²) in [4.78, 5) is 12.3. The molecule has 0 radical (unpaired) electrons. The van der Waals surface area contributed by atoms with E-state index in [2.05, 4.69) is 10.6 Å². The Morgan fingerprint density at radius 2 is 2.05 bits per heavy atom. The molecule has 120 valence electrons. The number of benzene rings is 1. The van der Waals surface area contributed by atoms with Crippen LogP contribution in [0.4, 0.5) is 0 Å². The van der Waals surface area contributed by atoms with E-state index in [4.69, 9.17) is 16.3 Å². The van der Waals surface area contributed by atoms with E-state index < -0.39 is 6.10 Å². The zero-order valence-corrected chi connectivity index (χ0v) is 13.8. The molecule has 1 aromatic rings. The van der Waals surface area contributed by atoms with Crippen LogP contribution in [0.5, 0.6) is 5.75 Å². The Balaban J connectivity index is 1.54. The molecular weight excluding hydrogens is 300 g/mol. The lowest BCUT2D eigenvalue weighted by atomic mass is 9.99. The highest BCUT2D eigenvalue weighted by molar-refractivity contribution is 6.31. The minimum atomic E-state index is -0.506. The molecule has 1 amide bonds. The third-order valence-corrected chi connectivity index (χ3v) is 5.06. The number of fused-ring (bicyclic) bond motifs is 2. The normalized spacial score (nSPS) is 28.2. The number of hydrogen-bond donors (Lipinski definition) is 2. The van der Waals surface area contributed by atoms with Crippen LogP contribution in [0.2, 0.25) is 5.02 Å². The van der Waals surface area contributed by atoms with Crippen molar-refractivity contribution in [2.45, 2.75) is 63.8 Å². The van der Waals surface area contributed by atoms with Crippen molar-refractivity contribution in [1.82, 2.24) is 10.6 Å². The van der Waals surface area contributed by atoms with E-state index >= 15 is 0 Å². The van der Waals surface area contributed by atoms with Gasteiger partial charge in [-0.05, 0) is 63.3 Å². The molecule has 3 unspecified atom stereocenters. The third kappa shape index (κ3) is 3.55. The van der Waals surface area contributed by atoms with Crippen molar-refractivity contribution >= 4 is 17.5 Å². The lowest BCUT2D eigenvalue weighted by molar-refractivity contribution is -0.128. The van der Waals surface area contributed by atoms with E-state index in [1.807, 2.05) is 13.0 Å². The highest BCUT2D eigenvalue weighted by Gasteiger charge is 2.34. The standard InChI is InChI=1S/C17H23ClN2O2/c1-10-7-15(5-6-16(10)18)22-11(2)17(21)20-14-8-12-3-4-13(9-14)19-12/h5-7,11-14,19H,3-4,8-9H2,1-2H3,(H,20,21). The SMILES string of the molecule is Cc1cc(OC(C)C(=O)NC2CC3CCC(C2)N3)ccc1Cl. The van der Waals surface area contributed by atoms with Crippen molar-refractivity contribution in [3.05, 3.63) is 28.8 Å². The number of carbonyl (C=O) groups excluding carboxylic acids is 1. The minimum absolute atomic E-state index is 0.0427. The van der Waals surface area contributed by atoms with E-state index in [9.17, 15) is 4.79 Å².